The Kier molecular flexibility index (Phi) is 7.24. The van der Waals surface area contributed by atoms with Crippen LogP contribution in [-0.2, 0) is 17.9 Å². The molecule has 30 heavy (non-hydrogen) atoms. The first-order valence-electron chi connectivity index (χ1n) is 9.38. The molecule has 1 heterocycles. The molecular formula is C22H23FN4O2S. The maximum absolute atomic E-state index is 13.3. The fraction of sp³-hybridized carbons (Fsp3) is 0.227. The molecule has 0 aliphatic rings. The zero-order valence-corrected chi connectivity index (χ0v) is 17.7. The van der Waals surface area contributed by atoms with E-state index in [1.54, 1.807) is 18.2 Å². The number of carbonyl (C=O) groups is 1. The van der Waals surface area contributed by atoms with Crippen molar-refractivity contribution in [3.8, 4) is 5.75 Å². The molecule has 0 unspecified atom stereocenters. The Morgan fingerprint density at radius 2 is 1.97 bits per heavy atom. The van der Waals surface area contributed by atoms with Crippen molar-refractivity contribution in [1.82, 2.24) is 14.8 Å². The second-order valence-corrected chi connectivity index (χ2v) is 7.60. The van der Waals surface area contributed by atoms with Gasteiger partial charge in [-0.05, 0) is 43.2 Å². The van der Waals surface area contributed by atoms with Gasteiger partial charge in [0.05, 0.1) is 5.75 Å². The van der Waals surface area contributed by atoms with Crippen molar-refractivity contribution in [2.75, 3.05) is 11.1 Å². The summed E-state index contributed by atoms with van der Waals surface area (Å²) in [5.41, 5.74) is 2.51. The van der Waals surface area contributed by atoms with Crippen molar-refractivity contribution >= 4 is 23.4 Å². The van der Waals surface area contributed by atoms with Gasteiger partial charge in [0, 0.05) is 12.2 Å². The summed E-state index contributed by atoms with van der Waals surface area (Å²) in [6, 6.07) is 11.7. The van der Waals surface area contributed by atoms with Crippen LogP contribution < -0.4 is 10.1 Å². The highest BCUT2D eigenvalue weighted by Gasteiger charge is 2.15. The summed E-state index contributed by atoms with van der Waals surface area (Å²) in [6.45, 7) is 8.52. The highest BCUT2D eigenvalue weighted by atomic mass is 32.2. The first kappa shape index (κ1) is 21.6. The summed E-state index contributed by atoms with van der Waals surface area (Å²) in [7, 11) is 0. The third-order valence-corrected chi connectivity index (χ3v) is 5.27. The smallest absolute Gasteiger partial charge is 0.234 e. The molecule has 0 aliphatic heterocycles. The Bertz CT molecular complexity index is 1030. The van der Waals surface area contributed by atoms with Crippen LogP contribution in [0.3, 0.4) is 0 Å². The van der Waals surface area contributed by atoms with E-state index >= 15 is 0 Å². The summed E-state index contributed by atoms with van der Waals surface area (Å²) in [4.78, 5) is 12.2. The van der Waals surface area contributed by atoms with E-state index in [1.807, 2.05) is 36.6 Å². The monoisotopic (exact) mass is 426 g/mol. The lowest BCUT2D eigenvalue weighted by molar-refractivity contribution is -0.113. The Morgan fingerprint density at radius 3 is 2.67 bits per heavy atom. The van der Waals surface area contributed by atoms with E-state index in [2.05, 4.69) is 22.1 Å². The minimum atomic E-state index is -0.403. The maximum Gasteiger partial charge on any atom is 0.234 e. The number of rotatable bonds is 9. The van der Waals surface area contributed by atoms with Crippen LogP contribution in [0.4, 0.5) is 10.1 Å². The molecule has 8 heteroatoms. The molecular weight excluding hydrogens is 403 g/mol. The number of aromatic nitrogens is 3. The molecule has 2 aromatic carbocycles. The minimum absolute atomic E-state index is 0.115. The predicted octanol–water partition coefficient (Wildman–Crippen LogP) is 4.53. The SMILES string of the molecule is C=CCn1c(COc2c(C)cccc2C)nnc1SCC(=O)Nc1cccc(F)c1. The standard InChI is InChI=1S/C22H23FN4O2S/c1-4-11-27-19(13-29-21-15(2)7-5-8-16(21)3)25-26-22(27)30-14-20(28)24-18-10-6-9-17(23)12-18/h4-10,12H,1,11,13-14H2,2-3H3,(H,24,28). The molecule has 0 saturated heterocycles. The summed E-state index contributed by atoms with van der Waals surface area (Å²) in [5.74, 6) is 0.926. The number of hydrogen-bond acceptors (Lipinski definition) is 5. The van der Waals surface area contributed by atoms with Crippen molar-refractivity contribution in [1.29, 1.82) is 0 Å². The van der Waals surface area contributed by atoms with Crippen molar-refractivity contribution in [2.45, 2.75) is 32.2 Å². The molecule has 0 fully saturated rings. The number of halogens is 1. The molecule has 0 saturated carbocycles. The molecule has 1 amide bonds. The van der Waals surface area contributed by atoms with Crippen molar-refractivity contribution in [3.63, 3.8) is 0 Å². The molecule has 1 aromatic heterocycles. The Morgan fingerprint density at radius 1 is 1.23 bits per heavy atom. The normalized spacial score (nSPS) is 10.6. The van der Waals surface area contributed by atoms with Crippen LogP contribution in [0.2, 0.25) is 0 Å². The van der Waals surface area contributed by atoms with Gasteiger partial charge >= 0.3 is 0 Å². The number of hydrogen-bond donors (Lipinski definition) is 1. The molecule has 3 rings (SSSR count). The summed E-state index contributed by atoms with van der Waals surface area (Å²) >= 11 is 1.25. The lowest BCUT2D eigenvalue weighted by Crippen LogP contribution is -2.15. The predicted molar refractivity (Wildman–Crippen MR) is 116 cm³/mol. The number of nitrogens with zero attached hydrogens (tertiary/aromatic N) is 3. The van der Waals surface area contributed by atoms with E-state index in [-0.39, 0.29) is 18.3 Å². The van der Waals surface area contributed by atoms with Gasteiger partial charge in [-0.1, -0.05) is 42.1 Å². The van der Waals surface area contributed by atoms with Crippen LogP contribution in [0.1, 0.15) is 17.0 Å². The fourth-order valence-electron chi connectivity index (χ4n) is 2.90. The third kappa shape index (κ3) is 5.48. The van der Waals surface area contributed by atoms with Crippen molar-refractivity contribution in [3.05, 3.63) is 77.9 Å². The molecule has 0 radical (unpaired) electrons. The number of nitrogens with one attached hydrogen (secondary N) is 1. The zero-order valence-electron chi connectivity index (χ0n) is 16.9. The summed E-state index contributed by atoms with van der Waals surface area (Å²) in [6.07, 6.45) is 1.74. The number of para-hydroxylation sites is 1. The summed E-state index contributed by atoms with van der Waals surface area (Å²) < 4.78 is 21.1. The molecule has 0 spiro atoms. The minimum Gasteiger partial charge on any atom is -0.485 e. The van der Waals surface area contributed by atoms with E-state index in [0.29, 0.717) is 23.2 Å². The van der Waals surface area contributed by atoms with Gasteiger partial charge in [0.15, 0.2) is 11.0 Å². The van der Waals surface area contributed by atoms with Gasteiger partial charge in [0.25, 0.3) is 0 Å². The van der Waals surface area contributed by atoms with E-state index in [1.165, 1.54) is 23.9 Å². The van der Waals surface area contributed by atoms with Crippen LogP contribution in [0, 0.1) is 19.7 Å². The summed E-state index contributed by atoms with van der Waals surface area (Å²) in [5, 5.41) is 11.7. The number of benzene rings is 2. The number of ether oxygens (including phenoxy) is 1. The fourth-order valence-corrected chi connectivity index (χ4v) is 3.67. The van der Waals surface area contributed by atoms with Gasteiger partial charge in [0.2, 0.25) is 5.91 Å². The number of carbonyl (C=O) groups excluding carboxylic acids is 1. The average Bonchev–Trinajstić information content (AvgIpc) is 3.08. The first-order chi connectivity index (χ1) is 14.5. The third-order valence-electron chi connectivity index (χ3n) is 4.30. The van der Waals surface area contributed by atoms with Crippen molar-refractivity contribution in [2.24, 2.45) is 0 Å². The molecule has 1 N–H and O–H groups in total. The van der Waals surface area contributed by atoms with E-state index < -0.39 is 5.82 Å². The van der Waals surface area contributed by atoms with Crippen LogP contribution in [0.5, 0.6) is 5.75 Å². The number of allylic oxidation sites excluding steroid dienone is 1. The Hall–Kier alpha value is -3.13. The van der Waals surface area contributed by atoms with Gasteiger partial charge in [-0.15, -0.1) is 16.8 Å². The molecule has 3 aromatic rings. The number of amides is 1. The topological polar surface area (TPSA) is 69.0 Å². The Balaban J connectivity index is 1.65. The second kappa shape index (κ2) is 10.1. The van der Waals surface area contributed by atoms with Crippen LogP contribution >= 0.6 is 11.8 Å². The average molecular weight is 427 g/mol. The Labute approximate surface area is 179 Å². The van der Waals surface area contributed by atoms with E-state index in [4.69, 9.17) is 4.74 Å². The van der Waals surface area contributed by atoms with Crippen LogP contribution in [0.15, 0.2) is 60.3 Å². The van der Waals surface area contributed by atoms with E-state index in [0.717, 1.165) is 16.9 Å². The molecule has 0 bridgehead atoms. The molecule has 156 valence electrons. The molecule has 0 atom stereocenters. The van der Waals surface area contributed by atoms with Crippen molar-refractivity contribution < 1.29 is 13.9 Å². The van der Waals surface area contributed by atoms with Crippen LogP contribution in [-0.4, -0.2) is 26.4 Å². The molecule has 6 nitrogen and oxygen atoms in total. The lowest BCUT2D eigenvalue weighted by Gasteiger charge is -2.12. The largest absolute Gasteiger partial charge is 0.485 e. The van der Waals surface area contributed by atoms with Gasteiger partial charge in [-0.3, -0.25) is 9.36 Å². The molecule has 0 aliphatic carbocycles. The number of aryl methyl sites for hydroxylation is 2. The first-order valence-corrected chi connectivity index (χ1v) is 10.4. The van der Waals surface area contributed by atoms with Crippen LogP contribution in [0.25, 0.3) is 0 Å². The van der Waals surface area contributed by atoms with E-state index in [9.17, 15) is 9.18 Å². The maximum atomic E-state index is 13.3. The van der Waals surface area contributed by atoms with Gasteiger partial charge in [-0.2, -0.15) is 0 Å². The number of thioether (sulfide) groups is 1. The quantitative estimate of drug-likeness (QED) is 0.402. The van der Waals surface area contributed by atoms with Gasteiger partial charge in [0.1, 0.15) is 18.2 Å². The number of anilines is 1. The second-order valence-electron chi connectivity index (χ2n) is 6.65. The van der Waals surface area contributed by atoms with Gasteiger partial charge in [-0.25, -0.2) is 4.39 Å². The highest BCUT2D eigenvalue weighted by Crippen LogP contribution is 2.24. The van der Waals surface area contributed by atoms with Gasteiger partial charge < -0.3 is 10.1 Å². The lowest BCUT2D eigenvalue weighted by atomic mass is 10.1. The zero-order chi connectivity index (χ0) is 21.5. The highest BCUT2D eigenvalue weighted by molar-refractivity contribution is 7.99.